The minimum absolute atomic E-state index is 0.101. The van der Waals surface area contributed by atoms with E-state index in [1.807, 2.05) is 6.92 Å². The van der Waals surface area contributed by atoms with Gasteiger partial charge in [-0.25, -0.2) is 0 Å². The topological polar surface area (TPSA) is 52.5 Å². The van der Waals surface area contributed by atoms with Crippen molar-refractivity contribution in [3.8, 4) is 0 Å². The first-order chi connectivity index (χ1) is 5.25. The van der Waals surface area contributed by atoms with Gasteiger partial charge in [0.15, 0.2) is 0 Å². The molecular formula is C8H17NO2. The average Bonchev–Trinajstić information content (AvgIpc) is 1.99. The molecule has 0 aliphatic heterocycles. The minimum atomic E-state index is -0.566. The molecule has 0 aromatic heterocycles. The van der Waals surface area contributed by atoms with E-state index in [1.165, 1.54) is 0 Å². The highest BCUT2D eigenvalue weighted by molar-refractivity contribution is 4.85. The Bertz CT molecular complexity index is 117. The maximum Gasteiger partial charge on any atom is 0.0951 e. The Kier molecular flexibility index (Phi) is 3.30. The first-order valence-electron chi connectivity index (χ1n) is 4.35. The summed E-state index contributed by atoms with van der Waals surface area (Å²) in [6.45, 7) is 2.86. The van der Waals surface area contributed by atoms with Crippen molar-refractivity contribution in [2.24, 2.45) is 0 Å². The second-order valence-electron chi connectivity index (χ2n) is 3.15. The molecule has 0 spiro atoms. The molecule has 0 aromatic rings. The number of hydrogen-bond acceptors (Lipinski definition) is 3. The summed E-state index contributed by atoms with van der Waals surface area (Å²) < 4.78 is 0. The number of rotatable bonds is 2. The lowest BCUT2D eigenvalue weighted by molar-refractivity contribution is -0.0289. The first kappa shape index (κ1) is 8.97. The van der Waals surface area contributed by atoms with Crippen LogP contribution in [-0.4, -0.2) is 35.0 Å². The fourth-order valence-electron chi connectivity index (χ4n) is 1.64. The van der Waals surface area contributed by atoms with Gasteiger partial charge in [0.2, 0.25) is 0 Å². The SMILES string of the molecule is CCN[C@H]1CCC[C@H](O)[C@@H]1O. The van der Waals surface area contributed by atoms with E-state index < -0.39 is 12.2 Å². The average molecular weight is 159 g/mol. The van der Waals surface area contributed by atoms with Crippen LogP contribution in [0.4, 0.5) is 0 Å². The Morgan fingerprint density at radius 3 is 2.73 bits per heavy atom. The predicted octanol–water partition coefficient (Wildman–Crippen LogP) is -0.130. The standard InChI is InChI=1S/C8H17NO2/c1-2-9-6-4-3-5-7(10)8(6)11/h6-11H,2-5H2,1H3/t6-,7-,8+/m0/s1. The molecule has 0 bridgehead atoms. The van der Waals surface area contributed by atoms with Gasteiger partial charge in [-0.05, 0) is 25.8 Å². The van der Waals surface area contributed by atoms with E-state index in [9.17, 15) is 10.2 Å². The van der Waals surface area contributed by atoms with Crippen LogP contribution >= 0.6 is 0 Å². The summed E-state index contributed by atoms with van der Waals surface area (Å²) in [6.07, 6.45) is 1.64. The second-order valence-corrected chi connectivity index (χ2v) is 3.15. The molecule has 3 heteroatoms. The summed E-state index contributed by atoms with van der Waals surface area (Å²) in [4.78, 5) is 0. The van der Waals surface area contributed by atoms with Gasteiger partial charge in [-0.3, -0.25) is 0 Å². The highest BCUT2D eigenvalue weighted by atomic mass is 16.3. The molecule has 0 unspecified atom stereocenters. The lowest BCUT2D eigenvalue weighted by Crippen LogP contribution is -2.48. The van der Waals surface area contributed by atoms with Crippen LogP contribution in [0.1, 0.15) is 26.2 Å². The molecule has 0 saturated heterocycles. The van der Waals surface area contributed by atoms with Crippen LogP contribution in [0.15, 0.2) is 0 Å². The van der Waals surface area contributed by atoms with Gasteiger partial charge < -0.3 is 15.5 Å². The fourth-order valence-corrected chi connectivity index (χ4v) is 1.64. The molecule has 0 aromatic carbocycles. The number of nitrogens with one attached hydrogen (secondary N) is 1. The third kappa shape index (κ3) is 2.15. The van der Waals surface area contributed by atoms with Gasteiger partial charge in [0.05, 0.1) is 12.2 Å². The van der Waals surface area contributed by atoms with Crippen LogP contribution in [0.3, 0.4) is 0 Å². The molecule has 0 heterocycles. The van der Waals surface area contributed by atoms with E-state index in [4.69, 9.17) is 0 Å². The summed E-state index contributed by atoms with van der Waals surface area (Å²) in [5.74, 6) is 0. The third-order valence-corrected chi connectivity index (χ3v) is 2.29. The van der Waals surface area contributed by atoms with Gasteiger partial charge in [0, 0.05) is 6.04 Å². The van der Waals surface area contributed by atoms with Crippen molar-refractivity contribution in [2.75, 3.05) is 6.54 Å². The molecule has 3 N–H and O–H groups in total. The Balaban J connectivity index is 2.38. The summed E-state index contributed by atoms with van der Waals surface area (Å²) >= 11 is 0. The zero-order chi connectivity index (χ0) is 8.27. The molecular weight excluding hydrogens is 142 g/mol. The van der Waals surface area contributed by atoms with Crippen molar-refractivity contribution < 1.29 is 10.2 Å². The van der Waals surface area contributed by atoms with Crippen molar-refractivity contribution in [2.45, 2.75) is 44.4 Å². The van der Waals surface area contributed by atoms with Gasteiger partial charge in [0.25, 0.3) is 0 Å². The second kappa shape index (κ2) is 4.04. The summed E-state index contributed by atoms with van der Waals surface area (Å²) in [7, 11) is 0. The maximum atomic E-state index is 9.46. The van der Waals surface area contributed by atoms with Gasteiger partial charge in [0.1, 0.15) is 0 Å². The largest absolute Gasteiger partial charge is 0.390 e. The van der Waals surface area contributed by atoms with Gasteiger partial charge in [-0.1, -0.05) is 6.92 Å². The van der Waals surface area contributed by atoms with Crippen LogP contribution < -0.4 is 5.32 Å². The van der Waals surface area contributed by atoms with E-state index in [1.54, 1.807) is 0 Å². The van der Waals surface area contributed by atoms with Crippen LogP contribution in [-0.2, 0) is 0 Å². The van der Waals surface area contributed by atoms with Crippen molar-refractivity contribution in [1.82, 2.24) is 5.32 Å². The van der Waals surface area contributed by atoms with Gasteiger partial charge in [-0.2, -0.15) is 0 Å². The smallest absolute Gasteiger partial charge is 0.0951 e. The summed E-state index contributed by atoms with van der Waals surface area (Å²) in [6, 6.07) is 0.101. The monoisotopic (exact) mass is 159 g/mol. The van der Waals surface area contributed by atoms with Crippen LogP contribution in [0.25, 0.3) is 0 Å². The number of aliphatic hydroxyl groups excluding tert-OH is 2. The van der Waals surface area contributed by atoms with Crippen LogP contribution in [0.5, 0.6) is 0 Å². The first-order valence-corrected chi connectivity index (χ1v) is 4.35. The zero-order valence-electron chi connectivity index (χ0n) is 6.95. The lowest BCUT2D eigenvalue weighted by atomic mass is 9.90. The number of likely N-dealkylation sites (N-methyl/N-ethyl adjacent to an activating group) is 1. The predicted molar refractivity (Wildman–Crippen MR) is 43.3 cm³/mol. The quantitative estimate of drug-likeness (QED) is 0.526. The van der Waals surface area contributed by atoms with Gasteiger partial charge >= 0.3 is 0 Å². The summed E-state index contributed by atoms with van der Waals surface area (Å²) in [5, 5.41) is 21.9. The van der Waals surface area contributed by atoms with Gasteiger partial charge in [-0.15, -0.1) is 0 Å². The van der Waals surface area contributed by atoms with E-state index in [0.29, 0.717) is 0 Å². The van der Waals surface area contributed by atoms with Crippen LogP contribution in [0, 0.1) is 0 Å². The Morgan fingerprint density at radius 1 is 1.36 bits per heavy atom. The highest BCUT2D eigenvalue weighted by Gasteiger charge is 2.29. The van der Waals surface area contributed by atoms with E-state index >= 15 is 0 Å². The van der Waals surface area contributed by atoms with E-state index in [0.717, 1.165) is 25.8 Å². The molecule has 1 rings (SSSR count). The molecule has 66 valence electrons. The fraction of sp³-hybridized carbons (Fsp3) is 1.00. The molecule has 1 aliphatic rings. The van der Waals surface area contributed by atoms with Crippen molar-refractivity contribution >= 4 is 0 Å². The summed E-state index contributed by atoms with van der Waals surface area (Å²) in [5.41, 5.74) is 0. The molecule has 3 nitrogen and oxygen atoms in total. The molecule has 1 fully saturated rings. The Morgan fingerprint density at radius 2 is 2.09 bits per heavy atom. The Hall–Kier alpha value is -0.120. The highest BCUT2D eigenvalue weighted by Crippen LogP contribution is 2.18. The Labute approximate surface area is 67.4 Å². The van der Waals surface area contributed by atoms with E-state index in [2.05, 4.69) is 5.32 Å². The van der Waals surface area contributed by atoms with Crippen molar-refractivity contribution in [1.29, 1.82) is 0 Å². The van der Waals surface area contributed by atoms with E-state index in [-0.39, 0.29) is 6.04 Å². The van der Waals surface area contributed by atoms with Crippen molar-refractivity contribution in [3.05, 3.63) is 0 Å². The zero-order valence-corrected chi connectivity index (χ0v) is 6.95. The normalized spacial score (nSPS) is 39.0. The van der Waals surface area contributed by atoms with Crippen LogP contribution in [0.2, 0.25) is 0 Å². The molecule has 0 amide bonds. The molecule has 11 heavy (non-hydrogen) atoms. The van der Waals surface area contributed by atoms with Crippen molar-refractivity contribution in [3.63, 3.8) is 0 Å². The number of aliphatic hydroxyl groups is 2. The molecule has 0 radical (unpaired) electrons. The maximum absolute atomic E-state index is 9.46. The number of hydrogen-bond donors (Lipinski definition) is 3. The minimum Gasteiger partial charge on any atom is -0.390 e. The molecule has 1 aliphatic carbocycles. The molecule has 3 atom stereocenters. The third-order valence-electron chi connectivity index (χ3n) is 2.29. The lowest BCUT2D eigenvalue weighted by Gasteiger charge is -2.32. The molecule has 1 saturated carbocycles.